The van der Waals surface area contributed by atoms with Crippen molar-refractivity contribution in [2.45, 2.75) is 35.8 Å². The number of amides is 1. The van der Waals surface area contributed by atoms with E-state index in [0.29, 0.717) is 5.56 Å². The Morgan fingerprint density at radius 2 is 1.88 bits per heavy atom. The van der Waals surface area contributed by atoms with Crippen LogP contribution in [0, 0.1) is 0 Å². The van der Waals surface area contributed by atoms with Gasteiger partial charge < -0.3 is 0 Å². The Hall–Kier alpha value is -2.18. The standard InChI is InChI=1S/C20H19N3OS2/c24-19(23-22-16-5-1-2-6-16)15-11-9-14(10-12-15)13-25-20-21-17-7-3-4-8-18(17)26-20/h3-4,7-12H,1-2,5-6,13H2,(H,23,24). The molecule has 4 rings (SSSR count). The van der Waals surface area contributed by atoms with E-state index in [1.165, 1.54) is 23.1 Å². The number of thiazole rings is 1. The third-order valence-electron chi connectivity index (χ3n) is 4.35. The van der Waals surface area contributed by atoms with Crippen molar-refractivity contribution < 1.29 is 4.79 Å². The van der Waals surface area contributed by atoms with Crippen molar-refractivity contribution in [1.82, 2.24) is 10.4 Å². The van der Waals surface area contributed by atoms with Crippen LogP contribution in [0.5, 0.6) is 0 Å². The molecule has 6 heteroatoms. The number of carbonyl (C=O) groups is 1. The summed E-state index contributed by atoms with van der Waals surface area (Å²) in [6.07, 6.45) is 4.36. The summed E-state index contributed by atoms with van der Waals surface area (Å²) < 4.78 is 2.28. The maximum Gasteiger partial charge on any atom is 0.271 e. The van der Waals surface area contributed by atoms with Gasteiger partial charge in [-0.3, -0.25) is 4.79 Å². The van der Waals surface area contributed by atoms with E-state index in [9.17, 15) is 4.79 Å². The summed E-state index contributed by atoms with van der Waals surface area (Å²) in [6.45, 7) is 0. The van der Waals surface area contributed by atoms with Crippen LogP contribution in [0.15, 0.2) is 58.0 Å². The molecule has 0 unspecified atom stereocenters. The van der Waals surface area contributed by atoms with E-state index in [0.717, 1.165) is 34.2 Å². The molecule has 132 valence electrons. The molecular formula is C20H19N3OS2. The predicted molar refractivity (Wildman–Crippen MR) is 109 cm³/mol. The lowest BCUT2D eigenvalue weighted by Crippen LogP contribution is -2.19. The first kappa shape index (κ1) is 17.2. The monoisotopic (exact) mass is 381 g/mol. The molecule has 0 spiro atoms. The van der Waals surface area contributed by atoms with E-state index in [2.05, 4.69) is 21.6 Å². The molecule has 0 saturated heterocycles. The minimum atomic E-state index is -0.144. The maximum atomic E-state index is 12.2. The van der Waals surface area contributed by atoms with Gasteiger partial charge in [0.1, 0.15) is 0 Å². The van der Waals surface area contributed by atoms with Gasteiger partial charge in [0, 0.05) is 17.0 Å². The quantitative estimate of drug-likeness (QED) is 0.485. The molecular weight excluding hydrogens is 362 g/mol. The third-order valence-corrected chi connectivity index (χ3v) is 6.60. The summed E-state index contributed by atoms with van der Waals surface area (Å²) in [5.41, 5.74) is 6.63. The molecule has 4 nitrogen and oxygen atoms in total. The molecule has 1 aromatic heterocycles. The van der Waals surface area contributed by atoms with Crippen LogP contribution >= 0.6 is 23.1 Å². The molecule has 1 aliphatic rings. The number of aromatic nitrogens is 1. The number of nitrogens with zero attached hydrogens (tertiary/aromatic N) is 2. The summed E-state index contributed by atoms with van der Waals surface area (Å²) >= 11 is 3.44. The molecule has 0 radical (unpaired) electrons. The molecule has 1 aliphatic carbocycles. The Morgan fingerprint density at radius 3 is 2.65 bits per heavy atom. The first-order valence-electron chi connectivity index (χ1n) is 8.71. The first-order valence-corrected chi connectivity index (χ1v) is 10.5. The van der Waals surface area contributed by atoms with Gasteiger partial charge in [-0.25, -0.2) is 10.4 Å². The molecule has 1 fully saturated rings. The number of para-hydroxylation sites is 1. The third kappa shape index (κ3) is 4.14. The fourth-order valence-electron chi connectivity index (χ4n) is 2.90. The minimum Gasteiger partial charge on any atom is -0.267 e. The number of rotatable bonds is 5. The zero-order valence-electron chi connectivity index (χ0n) is 14.3. The number of hydrogen-bond acceptors (Lipinski definition) is 5. The van der Waals surface area contributed by atoms with E-state index in [1.54, 1.807) is 23.1 Å². The van der Waals surface area contributed by atoms with Gasteiger partial charge in [-0.2, -0.15) is 5.10 Å². The SMILES string of the molecule is O=C(NN=C1CCCC1)c1ccc(CSc2nc3ccccc3s2)cc1. The van der Waals surface area contributed by atoms with Crippen molar-refractivity contribution >= 4 is 44.9 Å². The summed E-state index contributed by atoms with van der Waals surface area (Å²) in [6, 6.07) is 15.9. The molecule has 0 aliphatic heterocycles. The normalized spacial score (nSPS) is 13.9. The van der Waals surface area contributed by atoms with Crippen LogP contribution in [0.2, 0.25) is 0 Å². The Bertz CT molecular complexity index is 906. The topological polar surface area (TPSA) is 54.4 Å². The Labute approximate surface area is 160 Å². The minimum absolute atomic E-state index is 0.144. The van der Waals surface area contributed by atoms with Crippen LogP contribution in [0.25, 0.3) is 10.2 Å². The van der Waals surface area contributed by atoms with E-state index >= 15 is 0 Å². The van der Waals surface area contributed by atoms with Gasteiger partial charge in [0.05, 0.1) is 10.2 Å². The van der Waals surface area contributed by atoms with Gasteiger partial charge >= 0.3 is 0 Å². The summed E-state index contributed by atoms with van der Waals surface area (Å²) in [7, 11) is 0. The first-order chi connectivity index (χ1) is 12.8. The lowest BCUT2D eigenvalue weighted by Gasteiger charge is -2.03. The molecule has 26 heavy (non-hydrogen) atoms. The largest absolute Gasteiger partial charge is 0.271 e. The lowest BCUT2D eigenvalue weighted by molar-refractivity contribution is 0.0954. The number of fused-ring (bicyclic) bond motifs is 1. The van der Waals surface area contributed by atoms with Crippen LogP contribution in [0.4, 0.5) is 0 Å². The molecule has 1 N–H and O–H groups in total. The molecule has 1 heterocycles. The van der Waals surface area contributed by atoms with Gasteiger partial charge in [-0.15, -0.1) is 11.3 Å². The van der Waals surface area contributed by atoms with Crippen molar-refractivity contribution in [3.8, 4) is 0 Å². The van der Waals surface area contributed by atoms with E-state index in [4.69, 9.17) is 0 Å². The Morgan fingerprint density at radius 1 is 1.12 bits per heavy atom. The number of nitrogens with one attached hydrogen (secondary N) is 1. The molecule has 3 aromatic rings. The molecule has 0 bridgehead atoms. The van der Waals surface area contributed by atoms with E-state index in [1.807, 2.05) is 42.5 Å². The fourth-order valence-corrected chi connectivity index (χ4v) is 4.92. The second-order valence-electron chi connectivity index (χ2n) is 6.26. The van der Waals surface area contributed by atoms with Crippen molar-refractivity contribution in [2.75, 3.05) is 0 Å². The highest BCUT2D eigenvalue weighted by Gasteiger charge is 2.10. The number of hydrazone groups is 1. The van der Waals surface area contributed by atoms with Crippen molar-refractivity contribution in [3.05, 3.63) is 59.7 Å². The van der Waals surface area contributed by atoms with Crippen molar-refractivity contribution in [1.29, 1.82) is 0 Å². The second kappa shape index (κ2) is 8.01. The van der Waals surface area contributed by atoms with E-state index < -0.39 is 0 Å². The highest BCUT2D eigenvalue weighted by atomic mass is 32.2. The second-order valence-corrected chi connectivity index (χ2v) is 8.51. The number of thioether (sulfide) groups is 1. The molecule has 0 atom stereocenters. The predicted octanol–water partition coefficient (Wildman–Crippen LogP) is 5.25. The average Bonchev–Trinajstić information content (AvgIpc) is 3.34. The van der Waals surface area contributed by atoms with Gasteiger partial charge in [0.25, 0.3) is 5.91 Å². The smallest absolute Gasteiger partial charge is 0.267 e. The number of carbonyl (C=O) groups excluding carboxylic acids is 1. The zero-order chi connectivity index (χ0) is 17.8. The highest BCUT2D eigenvalue weighted by molar-refractivity contribution is 8.00. The van der Waals surface area contributed by atoms with Crippen molar-refractivity contribution in [2.24, 2.45) is 5.10 Å². The van der Waals surface area contributed by atoms with Crippen LogP contribution in [-0.2, 0) is 5.75 Å². The fraction of sp³-hybridized carbons (Fsp3) is 0.250. The van der Waals surface area contributed by atoms with Crippen LogP contribution < -0.4 is 5.43 Å². The Kier molecular flexibility index (Phi) is 5.32. The summed E-state index contributed by atoms with van der Waals surface area (Å²) in [5.74, 6) is 0.694. The van der Waals surface area contributed by atoms with E-state index in [-0.39, 0.29) is 5.91 Å². The van der Waals surface area contributed by atoms with Crippen LogP contribution in [0.1, 0.15) is 41.6 Å². The highest BCUT2D eigenvalue weighted by Crippen LogP contribution is 2.31. The van der Waals surface area contributed by atoms with Gasteiger partial charge in [0.15, 0.2) is 4.34 Å². The molecule has 1 amide bonds. The molecule has 1 saturated carbocycles. The summed E-state index contributed by atoms with van der Waals surface area (Å²) in [4.78, 5) is 16.8. The maximum absolute atomic E-state index is 12.2. The zero-order valence-corrected chi connectivity index (χ0v) is 15.9. The Balaban J connectivity index is 1.34. The van der Waals surface area contributed by atoms with Gasteiger partial charge in [-0.1, -0.05) is 36.0 Å². The van der Waals surface area contributed by atoms with Crippen LogP contribution in [-0.4, -0.2) is 16.6 Å². The lowest BCUT2D eigenvalue weighted by atomic mass is 10.1. The van der Waals surface area contributed by atoms with Gasteiger partial charge in [-0.05, 0) is 55.5 Å². The number of benzene rings is 2. The van der Waals surface area contributed by atoms with Crippen LogP contribution in [0.3, 0.4) is 0 Å². The average molecular weight is 382 g/mol. The molecule has 2 aromatic carbocycles. The number of hydrogen-bond donors (Lipinski definition) is 1. The van der Waals surface area contributed by atoms with Crippen molar-refractivity contribution in [3.63, 3.8) is 0 Å². The van der Waals surface area contributed by atoms with Gasteiger partial charge in [0.2, 0.25) is 0 Å². The summed E-state index contributed by atoms with van der Waals surface area (Å²) in [5, 5.41) is 4.22.